The average Bonchev–Trinajstić information content (AvgIpc) is 2.65. The van der Waals surface area contributed by atoms with Crippen LogP contribution in [-0.2, 0) is 11.2 Å². The zero-order valence-electron chi connectivity index (χ0n) is 16.0. The lowest BCUT2D eigenvalue weighted by Gasteiger charge is -2.13. The fourth-order valence-corrected chi connectivity index (χ4v) is 2.44. The van der Waals surface area contributed by atoms with E-state index in [0.717, 1.165) is 0 Å². The molecule has 0 aromatic heterocycles. The van der Waals surface area contributed by atoms with Crippen LogP contribution in [0.4, 0.5) is 10.1 Å². The van der Waals surface area contributed by atoms with Crippen molar-refractivity contribution >= 4 is 41.5 Å². The van der Waals surface area contributed by atoms with E-state index in [4.69, 9.17) is 4.74 Å². The Morgan fingerprint density at radius 1 is 1.11 bits per heavy atom. The Kier molecular flexibility index (Phi) is 10.9. The predicted octanol–water partition coefficient (Wildman–Crippen LogP) is 3.19. The van der Waals surface area contributed by atoms with E-state index in [9.17, 15) is 9.18 Å². The number of halogens is 2. The molecule has 0 atom stereocenters. The van der Waals surface area contributed by atoms with Gasteiger partial charge in [-0.25, -0.2) is 4.39 Å². The number of hydrogen-bond acceptors (Lipinski definition) is 3. The van der Waals surface area contributed by atoms with Crippen LogP contribution in [0, 0.1) is 5.82 Å². The van der Waals surface area contributed by atoms with Crippen LogP contribution in [0.2, 0.25) is 0 Å². The van der Waals surface area contributed by atoms with Crippen LogP contribution >= 0.6 is 24.0 Å². The van der Waals surface area contributed by atoms with Gasteiger partial charge >= 0.3 is 0 Å². The van der Waals surface area contributed by atoms with Crippen molar-refractivity contribution in [2.24, 2.45) is 4.99 Å². The normalized spacial score (nSPS) is 10.6. The number of anilines is 1. The molecule has 0 heterocycles. The zero-order chi connectivity index (χ0) is 19.5. The summed E-state index contributed by atoms with van der Waals surface area (Å²) in [6, 6.07) is 13.9. The molecule has 1 amide bonds. The van der Waals surface area contributed by atoms with Crippen molar-refractivity contribution in [2.45, 2.75) is 13.3 Å². The Morgan fingerprint density at radius 2 is 1.86 bits per heavy atom. The molecule has 28 heavy (non-hydrogen) atoms. The number of ether oxygens (including phenoxy) is 1. The molecule has 3 N–H and O–H groups in total. The average molecular weight is 500 g/mol. The maximum Gasteiger partial charge on any atom is 0.221 e. The summed E-state index contributed by atoms with van der Waals surface area (Å²) in [4.78, 5) is 15.2. The SMILES string of the molecule is CN=C(NCCOc1cccc(NC(C)=O)c1)NCCc1ccccc1F.I. The molecule has 0 spiro atoms. The first-order chi connectivity index (χ1) is 13.1. The van der Waals surface area contributed by atoms with E-state index in [1.165, 1.54) is 13.0 Å². The quantitative estimate of drug-likeness (QED) is 0.225. The lowest BCUT2D eigenvalue weighted by atomic mass is 10.1. The van der Waals surface area contributed by atoms with Gasteiger partial charge in [-0.05, 0) is 30.2 Å². The molecule has 6 nitrogen and oxygen atoms in total. The van der Waals surface area contributed by atoms with Crippen molar-refractivity contribution in [2.75, 3.05) is 32.1 Å². The van der Waals surface area contributed by atoms with Crippen molar-refractivity contribution in [1.82, 2.24) is 10.6 Å². The number of benzene rings is 2. The van der Waals surface area contributed by atoms with Gasteiger partial charge in [0, 0.05) is 32.3 Å². The van der Waals surface area contributed by atoms with Gasteiger partial charge in [-0.1, -0.05) is 24.3 Å². The number of nitrogens with zero attached hydrogens (tertiary/aromatic N) is 1. The van der Waals surface area contributed by atoms with Crippen LogP contribution in [0.5, 0.6) is 5.75 Å². The molecule has 8 heteroatoms. The molecule has 0 aliphatic heterocycles. The molecule has 0 saturated heterocycles. The Bertz CT molecular complexity index is 786. The van der Waals surface area contributed by atoms with Gasteiger partial charge in [-0.2, -0.15) is 0 Å². The second kappa shape index (κ2) is 12.9. The minimum atomic E-state index is -0.197. The summed E-state index contributed by atoms with van der Waals surface area (Å²) < 4.78 is 19.3. The highest BCUT2D eigenvalue weighted by atomic mass is 127. The van der Waals surface area contributed by atoms with Crippen LogP contribution in [0.1, 0.15) is 12.5 Å². The van der Waals surface area contributed by atoms with Gasteiger partial charge in [0.1, 0.15) is 18.2 Å². The molecule has 0 aliphatic carbocycles. The maximum atomic E-state index is 13.6. The number of hydrogen-bond donors (Lipinski definition) is 3. The third-order valence-electron chi connectivity index (χ3n) is 3.69. The van der Waals surface area contributed by atoms with E-state index in [1.807, 2.05) is 18.2 Å². The van der Waals surface area contributed by atoms with Gasteiger partial charge in [0.05, 0.1) is 6.54 Å². The van der Waals surface area contributed by atoms with Gasteiger partial charge in [0.2, 0.25) is 5.91 Å². The zero-order valence-corrected chi connectivity index (χ0v) is 18.3. The summed E-state index contributed by atoms with van der Waals surface area (Å²) in [5, 5.41) is 8.99. The monoisotopic (exact) mass is 500 g/mol. The first-order valence-corrected chi connectivity index (χ1v) is 8.77. The highest BCUT2D eigenvalue weighted by Gasteiger charge is 2.02. The van der Waals surface area contributed by atoms with E-state index in [-0.39, 0.29) is 35.7 Å². The molecule has 152 valence electrons. The Balaban J connectivity index is 0.00000392. The molecule has 2 rings (SSSR count). The van der Waals surface area contributed by atoms with Gasteiger partial charge in [-0.3, -0.25) is 9.79 Å². The van der Waals surface area contributed by atoms with Gasteiger partial charge in [0.25, 0.3) is 0 Å². The lowest BCUT2D eigenvalue weighted by Crippen LogP contribution is -2.40. The minimum Gasteiger partial charge on any atom is -0.492 e. The summed E-state index contributed by atoms with van der Waals surface area (Å²) in [6.45, 7) is 3.00. The maximum absolute atomic E-state index is 13.6. The number of aliphatic imine (C=N–C) groups is 1. The van der Waals surface area contributed by atoms with Crippen molar-refractivity contribution in [3.8, 4) is 5.75 Å². The number of amides is 1. The van der Waals surface area contributed by atoms with E-state index in [2.05, 4.69) is 20.9 Å². The molecular weight excluding hydrogens is 474 g/mol. The second-order valence-corrected chi connectivity index (χ2v) is 5.82. The summed E-state index contributed by atoms with van der Waals surface area (Å²) in [5.41, 5.74) is 1.36. The summed E-state index contributed by atoms with van der Waals surface area (Å²) in [6.07, 6.45) is 0.569. The molecule has 2 aromatic carbocycles. The van der Waals surface area contributed by atoms with Crippen LogP contribution in [0.25, 0.3) is 0 Å². The summed E-state index contributed by atoms with van der Waals surface area (Å²) in [7, 11) is 1.68. The van der Waals surface area contributed by atoms with Crippen molar-refractivity contribution in [3.63, 3.8) is 0 Å². The van der Waals surface area contributed by atoms with Gasteiger partial charge in [0.15, 0.2) is 5.96 Å². The second-order valence-electron chi connectivity index (χ2n) is 5.82. The fourth-order valence-electron chi connectivity index (χ4n) is 2.44. The number of rotatable bonds is 8. The van der Waals surface area contributed by atoms with Crippen LogP contribution in [0.3, 0.4) is 0 Å². The van der Waals surface area contributed by atoms with Gasteiger partial charge in [-0.15, -0.1) is 24.0 Å². The van der Waals surface area contributed by atoms with Gasteiger partial charge < -0.3 is 20.7 Å². The molecule has 0 unspecified atom stereocenters. The van der Waals surface area contributed by atoms with E-state index < -0.39 is 0 Å². The molecular formula is C20H26FIN4O2. The van der Waals surface area contributed by atoms with Crippen molar-refractivity contribution < 1.29 is 13.9 Å². The highest BCUT2D eigenvalue weighted by Crippen LogP contribution is 2.17. The Morgan fingerprint density at radius 3 is 2.57 bits per heavy atom. The molecule has 0 aliphatic rings. The summed E-state index contributed by atoms with van der Waals surface area (Å²) >= 11 is 0. The fraction of sp³-hybridized carbons (Fsp3) is 0.300. The largest absolute Gasteiger partial charge is 0.492 e. The Labute approximate surface area is 182 Å². The topological polar surface area (TPSA) is 74.8 Å². The summed E-state index contributed by atoms with van der Waals surface area (Å²) in [5.74, 6) is 0.976. The van der Waals surface area contributed by atoms with Crippen molar-refractivity contribution in [3.05, 3.63) is 59.9 Å². The number of carbonyl (C=O) groups excluding carboxylic acids is 1. The van der Waals surface area contributed by atoms with E-state index in [0.29, 0.717) is 49.1 Å². The lowest BCUT2D eigenvalue weighted by molar-refractivity contribution is -0.114. The highest BCUT2D eigenvalue weighted by molar-refractivity contribution is 14.0. The molecule has 0 bridgehead atoms. The number of nitrogens with one attached hydrogen (secondary N) is 3. The first-order valence-electron chi connectivity index (χ1n) is 8.77. The van der Waals surface area contributed by atoms with E-state index in [1.54, 1.807) is 31.3 Å². The Hall–Kier alpha value is -2.36. The third-order valence-corrected chi connectivity index (χ3v) is 3.69. The van der Waals surface area contributed by atoms with Crippen LogP contribution in [-0.4, -0.2) is 38.6 Å². The first kappa shape index (κ1) is 23.7. The smallest absolute Gasteiger partial charge is 0.221 e. The molecule has 0 radical (unpaired) electrons. The molecule has 0 fully saturated rings. The minimum absolute atomic E-state index is 0. The third kappa shape index (κ3) is 8.55. The van der Waals surface area contributed by atoms with Crippen LogP contribution < -0.4 is 20.7 Å². The van der Waals surface area contributed by atoms with Crippen molar-refractivity contribution in [1.29, 1.82) is 0 Å². The molecule has 0 saturated carbocycles. The molecule has 2 aromatic rings. The van der Waals surface area contributed by atoms with Crippen LogP contribution in [0.15, 0.2) is 53.5 Å². The van der Waals surface area contributed by atoms with E-state index >= 15 is 0 Å². The standard InChI is InChI=1S/C20H25FN4O2.HI/c1-15(26)25-17-7-5-8-18(14-17)27-13-12-24-20(22-2)23-11-10-16-6-3-4-9-19(16)21;/h3-9,14H,10-13H2,1-2H3,(H,25,26)(H2,22,23,24);1H. The number of carbonyl (C=O) groups is 1. The predicted molar refractivity (Wildman–Crippen MR) is 121 cm³/mol. The number of guanidine groups is 1.